The quantitative estimate of drug-likeness (QED) is 0.873. The Morgan fingerprint density at radius 1 is 1.56 bits per heavy atom. The molecule has 0 radical (unpaired) electrons. The van der Waals surface area contributed by atoms with Crippen molar-refractivity contribution in [2.24, 2.45) is 0 Å². The first kappa shape index (κ1) is 11.6. The average Bonchev–Trinajstić information content (AvgIpc) is 2.94. The standard InChI is InChI=1S/C13H14N2O2S/c1-13(5-2-6-18-13)12-14-9-4-3-8(11(16)17)7-10(9)15-12/h3-4,7H,2,5-6H2,1H3,(H,14,15)(H,16,17). The molecule has 2 N–H and O–H groups in total. The summed E-state index contributed by atoms with van der Waals surface area (Å²) in [6, 6.07) is 5.01. The van der Waals surface area contributed by atoms with Gasteiger partial charge in [0, 0.05) is 0 Å². The number of hydrogen-bond donors (Lipinski definition) is 2. The third-order valence-electron chi connectivity index (χ3n) is 3.45. The molecule has 0 spiro atoms. The second-order valence-corrected chi connectivity index (χ2v) is 6.40. The van der Waals surface area contributed by atoms with Crippen LogP contribution in [0.4, 0.5) is 0 Å². The predicted octanol–water partition coefficient (Wildman–Crippen LogP) is 3.00. The molecular formula is C13H14N2O2S. The van der Waals surface area contributed by atoms with Gasteiger partial charge in [-0.05, 0) is 43.7 Å². The number of aromatic carboxylic acids is 1. The first-order valence-corrected chi connectivity index (χ1v) is 6.94. The van der Waals surface area contributed by atoms with E-state index in [1.54, 1.807) is 18.2 Å². The van der Waals surface area contributed by atoms with E-state index in [1.165, 1.54) is 6.42 Å². The minimum absolute atomic E-state index is 0.0441. The molecule has 94 valence electrons. The lowest BCUT2D eigenvalue weighted by molar-refractivity contribution is 0.0697. The Morgan fingerprint density at radius 3 is 3.06 bits per heavy atom. The van der Waals surface area contributed by atoms with Crippen LogP contribution in [-0.2, 0) is 4.75 Å². The number of nitrogens with one attached hydrogen (secondary N) is 1. The number of carbonyl (C=O) groups is 1. The Morgan fingerprint density at radius 2 is 2.39 bits per heavy atom. The van der Waals surface area contributed by atoms with Crippen molar-refractivity contribution in [3.8, 4) is 0 Å². The molecule has 1 fully saturated rings. The first-order chi connectivity index (χ1) is 8.58. The maximum Gasteiger partial charge on any atom is 0.335 e. The van der Waals surface area contributed by atoms with Gasteiger partial charge in [0.1, 0.15) is 5.82 Å². The fraction of sp³-hybridized carbons (Fsp3) is 0.385. The van der Waals surface area contributed by atoms with Gasteiger partial charge >= 0.3 is 5.97 Å². The topological polar surface area (TPSA) is 66.0 Å². The van der Waals surface area contributed by atoms with Crippen LogP contribution in [0, 0.1) is 0 Å². The third-order valence-corrected chi connectivity index (χ3v) is 4.98. The van der Waals surface area contributed by atoms with Crippen molar-refractivity contribution < 1.29 is 9.90 Å². The molecule has 1 aliphatic heterocycles. The van der Waals surface area contributed by atoms with E-state index in [-0.39, 0.29) is 4.75 Å². The van der Waals surface area contributed by atoms with Crippen LogP contribution in [-0.4, -0.2) is 26.8 Å². The van der Waals surface area contributed by atoms with Gasteiger partial charge in [-0.3, -0.25) is 0 Å². The van der Waals surface area contributed by atoms with Crippen molar-refractivity contribution in [1.82, 2.24) is 9.97 Å². The summed E-state index contributed by atoms with van der Waals surface area (Å²) in [7, 11) is 0. The van der Waals surface area contributed by atoms with Gasteiger partial charge in [0.2, 0.25) is 0 Å². The predicted molar refractivity (Wildman–Crippen MR) is 72.1 cm³/mol. The van der Waals surface area contributed by atoms with Gasteiger partial charge in [-0.1, -0.05) is 0 Å². The highest BCUT2D eigenvalue weighted by Gasteiger charge is 2.34. The van der Waals surface area contributed by atoms with Gasteiger partial charge in [-0.25, -0.2) is 9.78 Å². The molecule has 3 rings (SSSR count). The maximum atomic E-state index is 10.9. The molecule has 0 aliphatic carbocycles. The zero-order valence-electron chi connectivity index (χ0n) is 10.1. The number of carboxylic acid groups (broad SMARTS) is 1. The van der Waals surface area contributed by atoms with E-state index in [0.717, 1.165) is 29.0 Å². The molecule has 18 heavy (non-hydrogen) atoms. The van der Waals surface area contributed by atoms with Crippen LogP contribution < -0.4 is 0 Å². The number of nitrogens with zero attached hydrogens (tertiary/aromatic N) is 1. The lowest BCUT2D eigenvalue weighted by atomic mass is 10.1. The molecule has 0 bridgehead atoms. The summed E-state index contributed by atoms with van der Waals surface area (Å²) in [6.07, 6.45) is 2.32. The Hall–Kier alpha value is -1.49. The molecule has 4 nitrogen and oxygen atoms in total. The Bertz CT molecular complexity index is 614. The van der Waals surface area contributed by atoms with Gasteiger partial charge in [0.25, 0.3) is 0 Å². The average molecular weight is 262 g/mol. The van der Waals surface area contributed by atoms with Crippen molar-refractivity contribution in [2.45, 2.75) is 24.5 Å². The van der Waals surface area contributed by atoms with Gasteiger partial charge in [-0.15, -0.1) is 11.8 Å². The Labute approximate surface area is 109 Å². The third kappa shape index (κ3) is 1.79. The van der Waals surface area contributed by atoms with Crippen LogP contribution in [0.25, 0.3) is 11.0 Å². The van der Waals surface area contributed by atoms with Crippen molar-refractivity contribution >= 4 is 28.8 Å². The number of H-pyrrole nitrogens is 1. The van der Waals surface area contributed by atoms with Crippen LogP contribution in [0.2, 0.25) is 0 Å². The van der Waals surface area contributed by atoms with Crippen molar-refractivity contribution in [1.29, 1.82) is 0 Å². The van der Waals surface area contributed by atoms with Crippen LogP contribution in [0.1, 0.15) is 35.9 Å². The number of aromatic nitrogens is 2. The van der Waals surface area contributed by atoms with Crippen molar-refractivity contribution in [3.05, 3.63) is 29.6 Å². The van der Waals surface area contributed by atoms with E-state index >= 15 is 0 Å². The summed E-state index contributed by atoms with van der Waals surface area (Å²) < 4.78 is 0.0441. The number of imidazole rings is 1. The van der Waals surface area contributed by atoms with Crippen molar-refractivity contribution in [3.63, 3.8) is 0 Å². The molecule has 0 amide bonds. The lowest BCUT2D eigenvalue weighted by Crippen LogP contribution is -2.14. The van der Waals surface area contributed by atoms with Crippen LogP contribution in [0.15, 0.2) is 18.2 Å². The molecular weight excluding hydrogens is 248 g/mol. The minimum Gasteiger partial charge on any atom is -0.478 e. The maximum absolute atomic E-state index is 10.9. The highest BCUT2D eigenvalue weighted by atomic mass is 32.2. The van der Waals surface area contributed by atoms with Gasteiger partial charge in [0.05, 0.1) is 21.3 Å². The monoisotopic (exact) mass is 262 g/mol. The van der Waals surface area contributed by atoms with Gasteiger partial charge in [0.15, 0.2) is 0 Å². The molecule has 2 aromatic rings. The summed E-state index contributed by atoms with van der Waals surface area (Å²) in [5, 5.41) is 8.97. The van der Waals surface area contributed by atoms with E-state index in [9.17, 15) is 4.79 Å². The fourth-order valence-corrected chi connectivity index (χ4v) is 3.62. The number of thioether (sulfide) groups is 1. The Balaban J connectivity index is 2.08. The number of rotatable bonds is 2. The molecule has 1 aliphatic rings. The zero-order valence-corrected chi connectivity index (χ0v) is 10.9. The second-order valence-electron chi connectivity index (χ2n) is 4.81. The molecule has 0 saturated carbocycles. The summed E-state index contributed by atoms with van der Waals surface area (Å²) >= 11 is 1.91. The van der Waals surface area contributed by atoms with Crippen LogP contribution in [0.3, 0.4) is 0 Å². The van der Waals surface area contributed by atoms with Gasteiger partial charge < -0.3 is 10.1 Å². The smallest absolute Gasteiger partial charge is 0.335 e. The van der Waals surface area contributed by atoms with Gasteiger partial charge in [-0.2, -0.15) is 0 Å². The zero-order chi connectivity index (χ0) is 12.8. The van der Waals surface area contributed by atoms with E-state index in [1.807, 2.05) is 11.8 Å². The minimum atomic E-state index is -0.908. The number of hydrogen-bond acceptors (Lipinski definition) is 3. The summed E-state index contributed by atoms with van der Waals surface area (Å²) in [6.45, 7) is 2.19. The highest BCUT2D eigenvalue weighted by molar-refractivity contribution is 8.00. The molecule has 1 atom stereocenters. The van der Waals surface area contributed by atoms with Crippen molar-refractivity contribution in [2.75, 3.05) is 5.75 Å². The largest absolute Gasteiger partial charge is 0.478 e. The second kappa shape index (κ2) is 4.02. The fourth-order valence-electron chi connectivity index (χ4n) is 2.36. The van der Waals surface area contributed by atoms with Crippen LogP contribution in [0.5, 0.6) is 0 Å². The molecule has 1 saturated heterocycles. The van der Waals surface area contributed by atoms with E-state index in [2.05, 4.69) is 16.9 Å². The lowest BCUT2D eigenvalue weighted by Gasteiger charge is -2.18. The van der Waals surface area contributed by atoms with E-state index in [4.69, 9.17) is 5.11 Å². The normalized spacial score (nSPS) is 23.6. The molecule has 1 aromatic heterocycles. The molecule has 5 heteroatoms. The summed E-state index contributed by atoms with van der Waals surface area (Å²) in [5.41, 5.74) is 1.93. The van der Waals surface area contributed by atoms with E-state index < -0.39 is 5.97 Å². The van der Waals surface area contributed by atoms with Crippen LogP contribution >= 0.6 is 11.8 Å². The Kier molecular flexibility index (Phi) is 2.59. The number of carboxylic acids is 1. The number of fused-ring (bicyclic) bond motifs is 1. The SMILES string of the molecule is CC1(c2nc3ccc(C(=O)O)cc3[nH]2)CCCS1. The number of aromatic amines is 1. The molecule has 1 aromatic carbocycles. The molecule has 1 unspecified atom stereocenters. The molecule has 2 heterocycles. The number of benzene rings is 1. The summed E-state index contributed by atoms with van der Waals surface area (Å²) in [5.74, 6) is 1.21. The van der Waals surface area contributed by atoms with E-state index in [0.29, 0.717) is 5.56 Å². The first-order valence-electron chi connectivity index (χ1n) is 5.96. The highest BCUT2D eigenvalue weighted by Crippen LogP contribution is 2.45. The summed E-state index contributed by atoms with van der Waals surface area (Å²) in [4.78, 5) is 18.8.